The molecule has 0 aromatic heterocycles. The fourth-order valence-electron chi connectivity index (χ4n) is 3.78. The van der Waals surface area contributed by atoms with Gasteiger partial charge < -0.3 is 19.7 Å². The Morgan fingerprint density at radius 2 is 1.90 bits per heavy atom. The maximum Gasteiger partial charge on any atom is 0.244 e. The second-order valence-corrected chi connectivity index (χ2v) is 7.45. The molecule has 6 nitrogen and oxygen atoms in total. The Morgan fingerprint density at radius 1 is 1.13 bits per heavy atom. The molecule has 30 heavy (non-hydrogen) atoms. The summed E-state index contributed by atoms with van der Waals surface area (Å²) in [6.07, 6.45) is 5.60. The fourth-order valence-corrected chi connectivity index (χ4v) is 3.78. The van der Waals surface area contributed by atoms with Crippen LogP contribution in [0.4, 0.5) is 5.69 Å². The van der Waals surface area contributed by atoms with Gasteiger partial charge in [-0.15, -0.1) is 0 Å². The number of benzene rings is 2. The van der Waals surface area contributed by atoms with E-state index in [0.29, 0.717) is 19.6 Å². The molecule has 2 heterocycles. The molecule has 0 radical (unpaired) electrons. The Balaban J connectivity index is 1.38. The molecular formula is C24H26N2O4. The van der Waals surface area contributed by atoms with Crippen LogP contribution < -0.4 is 19.7 Å². The van der Waals surface area contributed by atoms with Crippen molar-refractivity contribution < 1.29 is 19.1 Å². The zero-order chi connectivity index (χ0) is 20.9. The summed E-state index contributed by atoms with van der Waals surface area (Å²) in [5.74, 6) is 1.47. The van der Waals surface area contributed by atoms with Crippen molar-refractivity contribution in [3.05, 3.63) is 59.7 Å². The van der Waals surface area contributed by atoms with Gasteiger partial charge in [0.2, 0.25) is 11.8 Å². The Morgan fingerprint density at radius 3 is 2.60 bits per heavy atom. The smallest absolute Gasteiger partial charge is 0.244 e. The van der Waals surface area contributed by atoms with Crippen LogP contribution in [-0.4, -0.2) is 31.6 Å². The Hall–Kier alpha value is -3.28. The molecule has 1 unspecified atom stereocenters. The zero-order valence-electron chi connectivity index (χ0n) is 17.1. The van der Waals surface area contributed by atoms with Crippen LogP contribution in [0.25, 0.3) is 6.08 Å². The van der Waals surface area contributed by atoms with Gasteiger partial charge in [0, 0.05) is 24.7 Å². The quantitative estimate of drug-likeness (QED) is 0.740. The van der Waals surface area contributed by atoms with E-state index in [4.69, 9.17) is 9.47 Å². The van der Waals surface area contributed by atoms with E-state index >= 15 is 0 Å². The lowest BCUT2D eigenvalue weighted by molar-refractivity contribution is -0.117. The highest BCUT2D eigenvalue weighted by atomic mass is 16.6. The summed E-state index contributed by atoms with van der Waals surface area (Å²) >= 11 is 0. The summed E-state index contributed by atoms with van der Waals surface area (Å²) in [4.78, 5) is 26.1. The lowest BCUT2D eigenvalue weighted by Crippen LogP contribution is -2.26. The molecule has 2 amide bonds. The number of hydrogen-bond donors (Lipinski definition) is 1. The van der Waals surface area contributed by atoms with E-state index in [1.807, 2.05) is 49.4 Å². The number of rotatable bonds is 6. The van der Waals surface area contributed by atoms with Crippen molar-refractivity contribution in [2.24, 2.45) is 0 Å². The summed E-state index contributed by atoms with van der Waals surface area (Å²) in [7, 11) is 0. The summed E-state index contributed by atoms with van der Waals surface area (Å²) in [6, 6.07) is 13.4. The first-order valence-electron chi connectivity index (χ1n) is 10.4. The molecule has 6 heteroatoms. The number of carbonyl (C=O) groups excluding carboxylic acids is 2. The largest absolute Gasteiger partial charge is 0.486 e. The van der Waals surface area contributed by atoms with E-state index in [9.17, 15) is 9.59 Å². The summed E-state index contributed by atoms with van der Waals surface area (Å²) < 4.78 is 11.2. The van der Waals surface area contributed by atoms with Crippen LogP contribution >= 0.6 is 0 Å². The highest BCUT2D eigenvalue weighted by Crippen LogP contribution is 2.33. The lowest BCUT2D eigenvalue weighted by atomic mass is 10.0. The second kappa shape index (κ2) is 9.03. The third kappa shape index (κ3) is 4.48. The predicted octanol–water partition coefficient (Wildman–Crippen LogP) is 3.87. The van der Waals surface area contributed by atoms with Crippen molar-refractivity contribution in [2.75, 3.05) is 24.7 Å². The third-order valence-electron chi connectivity index (χ3n) is 5.40. The van der Waals surface area contributed by atoms with Gasteiger partial charge >= 0.3 is 0 Å². The lowest BCUT2D eigenvalue weighted by Gasteiger charge is -2.22. The van der Waals surface area contributed by atoms with E-state index in [0.717, 1.165) is 47.7 Å². The maximum absolute atomic E-state index is 12.5. The number of fused-ring (bicyclic) bond motifs is 1. The average Bonchev–Trinajstić information content (AvgIpc) is 3.22. The Bertz CT molecular complexity index is 952. The number of anilines is 1. The minimum atomic E-state index is -0.157. The van der Waals surface area contributed by atoms with Gasteiger partial charge in [-0.2, -0.15) is 0 Å². The molecular weight excluding hydrogens is 380 g/mol. The SMILES string of the molecule is CCC(NC(=O)C=Cc1ccc(N2CCCC2=O)cc1)c1ccc2c(c1)OCCO2. The van der Waals surface area contributed by atoms with Crippen molar-refractivity contribution >= 4 is 23.6 Å². The van der Waals surface area contributed by atoms with E-state index in [2.05, 4.69) is 5.32 Å². The van der Waals surface area contributed by atoms with E-state index in [-0.39, 0.29) is 17.9 Å². The van der Waals surface area contributed by atoms with Gasteiger partial charge in [-0.25, -0.2) is 0 Å². The number of ether oxygens (including phenoxy) is 2. The molecule has 0 saturated carbocycles. The minimum Gasteiger partial charge on any atom is -0.486 e. The summed E-state index contributed by atoms with van der Waals surface area (Å²) in [5, 5.41) is 3.05. The van der Waals surface area contributed by atoms with Crippen LogP contribution in [0.5, 0.6) is 11.5 Å². The zero-order valence-corrected chi connectivity index (χ0v) is 17.1. The van der Waals surface area contributed by atoms with Gasteiger partial charge in [-0.3, -0.25) is 9.59 Å². The summed E-state index contributed by atoms with van der Waals surface area (Å²) in [6.45, 7) is 3.89. The standard InChI is InChI=1S/C24H26N2O4/c1-2-20(18-8-11-21-22(16-18)30-15-14-29-21)25-23(27)12-7-17-5-9-19(10-6-17)26-13-3-4-24(26)28/h5-12,16,20H,2-4,13-15H2,1H3,(H,25,27). The van der Waals surface area contributed by atoms with Gasteiger partial charge in [0.1, 0.15) is 13.2 Å². The van der Waals surface area contributed by atoms with Gasteiger partial charge in [0.15, 0.2) is 11.5 Å². The van der Waals surface area contributed by atoms with Gasteiger partial charge in [0.25, 0.3) is 0 Å². The van der Waals surface area contributed by atoms with Gasteiger partial charge in [0.05, 0.1) is 6.04 Å². The maximum atomic E-state index is 12.5. The molecule has 2 aliphatic rings. The number of nitrogens with one attached hydrogen (secondary N) is 1. The Labute approximate surface area is 176 Å². The fraction of sp³-hybridized carbons (Fsp3) is 0.333. The molecule has 4 rings (SSSR count). The molecule has 156 valence electrons. The molecule has 1 atom stereocenters. The molecule has 1 N–H and O–H groups in total. The van der Waals surface area contributed by atoms with Crippen LogP contribution in [0.1, 0.15) is 43.4 Å². The van der Waals surface area contributed by atoms with Crippen molar-refractivity contribution in [1.82, 2.24) is 5.32 Å². The first kappa shape index (κ1) is 20.0. The monoisotopic (exact) mass is 406 g/mol. The molecule has 1 saturated heterocycles. The van der Waals surface area contributed by atoms with E-state index in [1.165, 1.54) is 6.08 Å². The highest BCUT2D eigenvalue weighted by Gasteiger charge is 2.21. The number of nitrogens with zero attached hydrogens (tertiary/aromatic N) is 1. The topological polar surface area (TPSA) is 67.9 Å². The van der Waals surface area contributed by atoms with Crippen LogP contribution in [0.2, 0.25) is 0 Å². The van der Waals surface area contributed by atoms with Crippen LogP contribution in [-0.2, 0) is 9.59 Å². The normalized spacial score (nSPS) is 16.7. The van der Waals surface area contributed by atoms with Crippen molar-refractivity contribution in [1.29, 1.82) is 0 Å². The number of carbonyl (C=O) groups is 2. The predicted molar refractivity (Wildman–Crippen MR) is 116 cm³/mol. The number of amides is 2. The average molecular weight is 406 g/mol. The first-order chi connectivity index (χ1) is 14.6. The molecule has 2 aliphatic heterocycles. The molecule has 0 bridgehead atoms. The Kier molecular flexibility index (Phi) is 6.02. The van der Waals surface area contributed by atoms with Crippen molar-refractivity contribution in [2.45, 2.75) is 32.2 Å². The van der Waals surface area contributed by atoms with Crippen LogP contribution in [0.3, 0.4) is 0 Å². The van der Waals surface area contributed by atoms with Crippen molar-refractivity contribution in [3.8, 4) is 11.5 Å². The molecule has 0 spiro atoms. The van der Waals surface area contributed by atoms with Gasteiger partial charge in [-0.05, 0) is 54.3 Å². The second-order valence-electron chi connectivity index (χ2n) is 7.45. The molecule has 0 aliphatic carbocycles. The first-order valence-corrected chi connectivity index (χ1v) is 10.4. The highest BCUT2D eigenvalue weighted by molar-refractivity contribution is 5.95. The van der Waals surface area contributed by atoms with E-state index in [1.54, 1.807) is 11.0 Å². The number of hydrogen-bond acceptors (Lipinski definition) is 4. The molecule has 2 aromatic rings. The van der Waals surface area contributed by atoms with Crippen molar-refractivity contribution in [3.63, 3.8) is 0 Å². The molecule has 1 fully saturated rings. The molecule has 2 aromatic carbocycles. The van der Waals surface area contributed by atoms with Crippen LogP contribution in [0.15, 0.2) is 48.5 Å². The van der Waals surface area contributed by atoms with Crippen LogP contribution in [0, 0.1) is 0 Å². The van der Waals surface area contributed by atoms with Gasteiger partial charge in [-0.1, -0.05) is 25.1 Å². The summed E-state index contributed by atoms with van der Waals surface area (Å²) in [5.41, 5.74) is 2.81. The third-order valence-corrected chi connectivity index (χ3v) is 5.40. The minimum absolute atomic E-state index is 0.110. The van der Waals surface area contributed by atoms with E-state index < -0.39 is 0 Å².